The van der Waals surface area contributed by atoms with Gasteiger partial charge in [0.2, 0.25) is 5.91 Å². The summed E-state index contributed by atoms with van der Waals surface area (Å²) in [6.07, 6.45) is -3.56. The highest BCUT2D eigenvalue weighted by atomic mass is 19.4. The fraction of sp³-hybridized carbons (Fsp3) is 0.409. The first-order valence-electron chi connectivity index (χ1n) is 9.90. The first-order chi connectivity index (χ1) is 14.7. The van der Waals surface area contributed by atoms with Crippen LogP contribution in [0.3, 0.4) is 0 Å². The molecule has 9 heteroatoms. The van der Waals surface area contributed by atoms with Crippen molar-refractivity contribution in [2.45, 2.75) is 32.3 Å². The third kappa shape index (κ3) is 6.85. The fourth-order valence-corrected chi connectivity index (χ4v) is 3.56. The number of hydrogen-bond acceptors (Lipinski definition) is 4. The van der Waals surface area contributed by atoms with Crippen LogP contribution in [0.4, 0.5) is 17.6 Å². The summed E-state index contributed by atoms with van der Waals surface area (Å²) in [7, 11) is 1.34. The topological polar surface area (TPSA) is 50.8 Å². The number of benzene rings is 2. The van der Waals surface area contributed by atoms with E-state index in [0.717, 1.165) is 11.6 Å². The number of nitrogens with zero attached hydrogens (tertiary/aromatic N) is 1. The maximum absolute atomic E-state index is 13.0. The molecule has 1 aliphatic heterocycles. The summed E-state index contributed by atoms with van der Waals surface area (Å²) in [4.78, 5) is 14.7. The van der Waals surface area contributed by atoms with Gasteiger partial charge in [0.1, 0.15) is 17.3 Å². The number of alkyl halides is 3. The molecule has 0 atom stereocenters. The van der Waals surface area contributed by atoms with E-state index in [-0.39, 0.29) is 35.5 Å². The second-order valence-electron chi connectivity index (χ2n) is 7.42. The molecule has 1 amide bonds. The van der Waals surface area contributed by atoms with E-state index in [1.807, 2.05) is 0 Å². The van der Waals surface area contributed by atoms with Crippen molar-refractivity contribution in [1.29, 1.82) is 0 Å². The monoisotopic (exact) mass is 440 g/mol. The molecule has 0 aliphatic carbocycles. The van der Waals surface area contributed by atoms with Gasteiger partial charge in [0.05, 0.1) is 7.11 Å². The maximum atomic E-state index is 13.0. The molecule has 0 bridgehead atoms. The first kappa shape index (κ1) is 22.9. The number of methoxy groups -OCH3 is 1. The lowest BCUT2D eigenvalue weighted by molar-refractivity contribution is -0.274. The fourth-order valence-electron chi connectivity index (χ4n) is 3.56. The van der Waals surface area contributed by atoms with Gasteiger partial charge in [0.25, 0.3) is 0 Å². The quantitative estimate of drug-likeness (QED) is 0.654. The van der Waals surface area contributed by atoms with Gasteiger partial charge >= 0.3 is 6.36 Å². The number of halogens is 4. The standard InChI is InChI=1S/C22H24F4N2O3/c1-30-19-7-4-17(20(12-19)31-22(24,25)26)13-27-21(29)16-8-10-28(11-9-16)14-15-2-5-18(23)6-3-15/h2-7,12,16H,8-11,13-14H2,1H3,(H,27,29). The zero-order valence-corrected chi connectivity index (χ0v) is 17.0. The van der Waals surface area contributed by atoms with Gasteiger partial charge in [-0.2, -0.15) is 0 Å². The summed E-state index contributed by atoms with van der Waals surface area (Å²) in [5.41, 5.74) is 1.21. The summed E-state index contributed by atoms with van der Waals surface area (Å²) >= 11 is 0. The van der Waals surface area contributed by atoms with Crippen LogP contribution < -0.4 is 14.8 Å². The maximum Gasteiger partial charge on any atom is 0.573 e. The SMILES string of the molecule is COc1ccc(CNC(=O)C2CCN(Cc3ccc(F)cc3)CC2)c(OC(F)(F)F)c1. The van der Waals surface area contributed by atoms with Crippen molar-refractivity contribution in [3.8, 4) is 11.5 Å². The minimum atomic E-state index is -4.84. The highest BCUT2D eigenvalue weighted by molar-refractivity contribution is 5.78. The van der Waals surface area contributed by atoms with Crippen LogP contribution >= 0.6 is 0 Å². The lowest BCUT2D eigenvalue weighted by atomic mass is 9.95. The summed E-state index contributed by atoms with van der Waals surface area (Å²) < 4.78 is 60.1. The smallest absolute Gasteiger partial charge is 0.497 e. The van der Waals surface area contributed by atoms with E-state index in [1.54, 1.807) is 12.1 Å². The van der Waals surface area contributed by atoms with Crippen molar-refractivity contribution in [2.24, 2.45) is 5.92 Å². The van der Waals surface area contributed by atoms with Crippen LogP contribution in [0.25, 0.3) is 0 Å². The first-order valence-corrected chi connectivity index (χ1v) is 9.90. The molecule has 0 unspecified atom stereocenters. The van der Waals surface area contributed by atoms with Crippen LogP contribution in [0.2, 0.25) is 0 Å². The van der Waals surface area contributed by atoms with E-state index in [9.17, 15) is 22.4 Å². The van der Waals surface area contributed by atoms with E-state index in [0.29, 0.717) is 32.5 Å². The molecule has 0 spiro atoms. The van der Waals surface area contributed by atoms with Crippen molar-refractivity contribution in [3.63, 3.8) is 0 Å². The normalized spacial score (nSPS) is 15.5. The molecule has 1 aliphatic rings. The minimum absolute atomic E-state index is 0.0793. The molecule has 1 N–H and O–H groups in total. The molecule has 3 rings (SSSR count). The summed E-state index contributed by atoms with van der Waals surface area (Å²) in [5, 5.41) is 2.72. The summed E-state index contributed by atoms with van der Waals surface area (Å²) in [6.45, 7) is 2.02. The van der Waals surface area contributed by atoms with E-state index in [1.165, 1.54) is 31.4 Å². The zero-order chi connectivity index (χ0) is 22.4. The molecule has 5 nitrogen and oxygen atoms in total. The number of hydrogen-bond donors (Lipinski definition) is 1. The Morgan fingerprint density at radius 3 is 2.42 bits per heavy atom. The van der Waals surface area contributed by atoms with Crippen molar-refractivity contribution in [2.75, 3.05) is 20.2 Å². The predicted octanol–water partition coefficient (Wildman–Crippen LogP) is 4.26. The van der Waals surface area contributed by atoms with Crippen LogP contribution in [0, 0.1) is 11.7 Å². The number of carbonyl (C=O) groups is 1. The Hall–Kier alpha value is -2.81. The Bertz CT molecular complexity index is 879. The highest BCUT2D eigenvalue weighted by Crippen LogP contribution is 2.30. The number of piperidine rings is 1. The van der Waals surface area contributed by atoms with Gasteiger partial charge in [0.15, 0.2) is 0 Å². The third-order valence-corrected chi connectivity index (χ3v) is 5.23. The van der Waals surface area contributed by atoms with Crippen molar-refractivity contribution < 1.29 is 31.8 Å². The number of rotatable bonds is 7. The van der Waals surface area contributed by atoms with Crippen LogP contribution in [-0.2, 0) is 17.9 Å². The number of ether oxygens (including phenoxy) is 2. The van der Waals surface area contributed by atoms with Gasteiger partial charge in [0, 0.05) is 30.6 Å². The Morgan fingerprint density at radius 2 is 1.81 bits per heavy atom. The Morgan fingerprint density at radius 1 is 1.13 bits per heavy atom. The van der Waals surface area contributed by atoms with Gasteiger partial charge in [-0.25, -0.2) is 4.39 Å². The molecular weight excluding hydrogens is 416 g/mol. The van der Waals surface area contributed by atoms with Crippen LogP contribution in [0.5, 0.6) is 11.5 Å². The van der Waals surface area contributed by atoms with E-state index >= 15 is 0 Å². The van der Waals surface area contributed by atoms with Gasteiger partial charge in [-0.3, -0.25) is 9.69 Å². The summed E-state index contributed by atoms with van der Waals surface area (Å²) in [5.74, 6) is -0.867. The van der Waals surface area contributed by atoms with E-state index < -0.39 is 12.1 Å². The molecule has 1 fully saturated rings. The second-order valence-corrected chi connectivity index (χ2v) is 7.42. The largest absolute Gasteiger partial charge is 0.573 e. The Kier molecular flexibility index (Phi) is 7.37. The van der Waals surface area contributed by atoms with Gasteiger partial charge in [-0.15, -0.1) is 13.2 Å². The number of likely N-dealkylation sites (tertiary alicyclic amines) is 1. The van der Waals surface area contributed by atoms with Crippen LogP contribution in [-0.4, -0.2) is 37.4 Å². The van der Waals surface area contributed by atoms with Gasteiger partial charge < -0.3 is 14.8 Å². The molecular formula is C22H24F4N2O3. The van der Waals surface area contributed by atoms with Crippen molar-refractivity contribution in [3.05, 3.63) is 59.4 Å². The van der Waals surface area contributed by atoms with Crippen LogP contribution in [0.1, 0.15) is 24.0 Å². The van der Waals surface area contributed by atoms with Crippen molar-refractivity contribution in [1.82, 2.24) is 10.2 Å². The third-order valence-electron chi connectivity index (χ3n) is 5.23. The average Bonchev–Trinajstić information content (AvgIpc) is 2.73. The molecule has 1 heterocycles. The predicted molar refractivity (Wildman–Crippen MR) is 106 cm³/mol. The zero-order valence-electron chi connectivity index (χ0n) is 17.0. The molecule has 1 saturated heterocycles. The molecule has 0 radical (unpaired) electrons. The van der Waals surface area contributed by atoms with Gasteiger partial charge in [-0.1, -0.05) is 12.1 Å². The lowest BCUT2D eigenvalue weighted by Gasteiger charge is -2.31. The highest BCUT2D eigenvalue weighted by Gasteiger charge is 2.32. The Labute approximate surface area is 177 Å². The molecule has 168 valence electrons. The molecule has 0 aromatic heterocycles. The molecule has 2 aromatic rings. The number of carbonyl (C=O) groups excluding carboxylic acids is 1. The lowest BCUT2D eigenvalue weighted by Crippen LogP contribution is -2.40. The van der Waals surface area contributed by atoms with Gasteiger partial charge in [-0.05, 0) is 55.8 Å². The minimum Gasteiger partial charge on any atom is -0.497 e. The van der Waals surface area contributed by atoms with Crippen LogP contribution in [0.15, 0.2) is 42.5 Å². The molecule has 2 aromatic carbocycles. The number of amides is 1. The van der Waals surface area contributed by atoms with E-state index in [2.05, 4.69) is 15.0 Å². The molecule has 0 saturated carbocycles. The summed E-state index contributed by atoms with van der Waals surface area (Å²) in [6, 6.07) is 10.4. The Balaban J connectivity index is 1.52. The van der Waals surface area contributed by atoms with E-state index in [4.69, 9.17) is 4.74 Å². The molecule has 31 heavy (non-hydrogen) atoms. The van der Waals surface area contributed by atoms with Crippen molar-refractivity contribution >= 4 is 5.91 Å². The average molecular weight is 440 g/mol. The second kappa shape index (κ2) is 10.00. The number of nitrogens with one attached hydrogen (secondary N) is 1.